The van der Waals surface area contributed by atoms with Crippen LogP contribution >= 0.6 is 11.8 Å². The number of halogens is 1. The van der Waals surface area contributed by atoms with Crippen LogP contribution in [0, 0.1) is 5.82 Å². The molecule has 0 saturated heterocycles. The fraction of sp³-hybridized carbons (Fsp3) is 0.200. The number of nitrogens with two attached hydrogens (primary N) is 1. The predicted molar refractivity (Wildman–Crippen MR) is 62.2 cm³/mol. The second-order valence-corrected chi connectivity index (χ2v) is 4.51. The minimum atomic E-state index is -0.351. The number of nitrogens with zero attached hydrogens (tertiary/aromatic N) is 2. The maximum absolute atomic E-state index is 13.3. The number of benzene rings is 1. The van der Waals surface area contributed by atoms with Crippen LogP contribution in [0.25, 0.3) is 0 Å². The van der Waals surface area contributed by atoms with Crippen molar-refractivity contribution in [3.63, 3.8) is 0 Å². The first-order chi connectivity index (χ1) is 8.10. The van der Waals surface area contributed by atoms with Crippen LogP contribution in [-0.4, -0.2) is 14.8 Å². The zero-order valence-electron chi connectivity index (χ0n) is 9.11. The van der Waals surface area contributed by atoms with Gasteiger partial charge in [0, 0.05) is 18.5 Å². The second kappa shape index (κ2) is 4.72. The Labute approximate surface area is 101 Å². The van der Waals surface area contributed by atoms with Crippen LogP contribution in [0.4, 0.5) is 4.39 Å². The molecule has 0 atom stereocenters. The van der Waals surface area contributed by atoms with Crippen molar-refractivity contribution in [3.05, 3.63) is 40.1 Å². The van der Waals surface area contributed by atoms with Gasteiger partial charge in [-0.05, 0) is 35.5 Å². The van der Waals surface area contributed by atoms with Gasteiger partial charge in [0.2, 0.25) is 0 Å². The Hall–Kier alpha value is -1.60. The Balaban J connectivity index is 2.33. The molecule has 2 aromatic rings. The topological polar surface area (TPSA) is 76.7 Å². The molecule has 2 rings (SSSR count). The maximum atomic E-state index is 13.3. The molecule has 5 nitrogen and oxygen atoms in total. The molecule has 0 spiro atoms. The SMILES string of the molecule is Cn1c(Sc2cc(F)cc(CN)c2)n[nH]c1=O. The monoisotopic (exact) mass is 254 g/mol. The summed E-state index contributed by atoms with van der Waals surface area (Å²) in [6.07, 6.45) is 0. The van der Waals surface area contributed by atoms with Crippen LogP contribution in [-0.2, 0) is 13.6 Å². The van der Waals surface area contributed by atoms with Crippen LogP contribution in [0.3, 0.4) is 0 Å². The van der Waals surface area contributed by atoms with Gasteiger partial charge in [-0.1, -0.05) is 0 Å². The lowest BCUT2D eigenvalue weighted by Gasteiger charge is -2.03. The van der Waals surface area contributed by atoms with Crippen molar-refractivity contribution in [2.75, 3.05) is 0 Å². The van der Waals surface area contributed by atoms with Gasteiger partial charge in [0.05, 0.1) is 0 Å². The lowest BCUT2D eigenvalue weighted by Crippen LogP contribution is -2.12. The average molecular weight is 254 g/mol. The van der Waals surface area contributed by atoms with Gasteiger partial charge in [-0.2, -0.15) is 0 Å². The molecular weight excluding hydrogens is 243 g/mol. The minimum Gasteiger partial charge on any atom is -0.326 e. The number of aromatic nitrogens is 3. The first-order valence-corrected chi connectivity index (χ1v) is 5.70. The molecule has 3 N–H and O–H groups in total. The lowest BCUT2D eigenvalue weighted by atomic mass is 10.2. The van der Waals surface area contributed by atoms with Crippen LogP contribution in [0.5, 0.6) is 0 Å². The van der Waals surface area contributed by atoms with E-state index in [-0.39, 0.29) is 18.1 Å². The van der Waals surface area contributed by atoms with Gasteiger partial charge in [0.25, 0.3) is 0 Å². The molecule has 1 heterocycles. The number of rotatable bonds is 3. The molecule has 0 aliphatic rings. The quantitative estimate of drug-likeness (QED) is 0.851. The summed E-state index contributed by atoms with van der Waals surface area (Å²) in [6.45, 7) is 0.269. The molecule has 0 aliphatic carbocycles. The maximum Gasteiger partial charge on any atom is 0.343 e. The van der Waals surface area contributed by atoms with Crippen molar-refractivity contribution >= 4 is 11.8 Å². The zero-order valence-corrected chi connectivity index (χ0v) is 9.92. The Bertz CT molecular complexity index is 592. The highest BCUT2D eigenvalue weighted by Crippen LogP contribution is 2.26. The first kappa shape index (κ1) is 11.9. The van der Waals surface area contributed by atoms with Gasteiger partial charge in [-0.3, -0.25) is 4.57 Å². The zero-order chi connectivity index (χ0) is 12.4. The molecule has 0 bridgehead atoms. The molecule has 0 aliphatic heterocycles. The van der Waals surface area contributed by atoms with Gasteiger partial charge >= 0.3 is 5.69 Å². The van der Waals surface area contributed by atoms with Gasteiger partial charge in [0.15, 0.2) is 5.16 Å². The Morgan fingerprint density at radius 2 is 2.29 bits per heavy atom. The number of hydrogen-bond acceptors (Lipinski definition) is 4. The summed E-state index contributed by atoms with van der Waals surface area (Å²) in [5.41, 5.74) is 5.86. The summed E-state index contributed by atoms with van der Waals surface area (Å²) < 4.78 is 14.6. The molecule has 7 heteroatoms. The molecule has 17 heavy (non-hydrogen) atoms. The van der Waals surface area contributed by atoms with Crippen LogP contribution in [0.15, 0.2) is 33.0 Å². The highest BCUT2D eigenvalue weighted by atomic mass is 32.2. The Kier molecular flexibility index (Phi) is 3.30. The number of H-pyrrole nitrogens is 1. The summed E-state index contributed by atoms with van der Waals surface area (Å²) in [7, 11) is 1.59. The van der Waals surface area contributed by atoms with E-state index < -0.39 is 0 Å². The van der Waals surface area contributed by atoms with Crippen molar-refractivity contribution in [3.8, 4) is 0 Å². The van der Waals surface area contributed by atoms with E-state index in [2.05, 4.69) is 10.2 Å². The first-order valence-electron chi connectivity index (χ1n) is 4.89. The summed E-state index contributed by atoms with van der Waals surface area (Å²) in [5.74, 6) is -0.351. The average Bonchev–Trinajstić information content (AvgIpc) is 2.60. The van der Waals surface area contributed by atoms with Crippen molar-refractivity contribution in [2.24, 2.45) is 12.8 Å². The summed E-state index contributed by atoms with van der Waals surface area (Å²) >= 11 is 1.20. The normalized spacial score (nSPS) is 10.8. The van der Waals surface area contributed by atoms with Gasteiger partial charge in [-0.25, -0.2) is 14.3 Å². The van der Waals surface area contributed by atoms with E-state index in [0.29, 0.717) is 15.6 Å². The van der Waals surface area contributed by atoms with Crippen LogP contribution in [0.1, 0.15) is 5.56 Å². The fourth-order valence-electron chi connectivity index (χ4n) is 1.33. The van der Waals surface area contributed by atoms with E-state index in [1.807, 2.05) is 0 Å². The number of nitrogens with one attached hydrogen (secondary N) is 1. The number of hydrogen-bond donors (Lipinski definition) is 2. The van der Waals surface area contributed by atoms with Gasteiger partial charge in [-0.15, -0.1) is 5.10 Å². The summed E-state index contributed by atoms with van der Waals surface area (Å²) in [4.78, 5) is 11.8. The molecule has 0 unspecified atom stereocenters. The van der Waals surface area contributed by atoms with E-state index in [1.54, 1.807) is 13.1 Å². The minimum absolute atomic E-state index is 0.269. The second-order valence-electron chi connectivity index (χ2n) is 3.47. The highest BCUT2D eigenvalue weighted by molar-refractivity contribution is 7.99. The fourth-order valence-corrected chi connectivity index (χ4v) is 2.23. The predicted octanol–water partition coefficient (Wildman–Crippen LogP) is 0.857. The van der Waals surface area contributed by atoms with Crippen molar-refractivity contribution in [2.45, 2.75) is 16.6 Å². The molecule has 1 aromatic carbocycles. The number of aromatic amines is 1. The van der Waals surface area contributed by atoms with E-state index in [1.165, 1.54) is 28.5 Å². The van der Waals surface area contributed by atoms with Crippen molar-refractivity contribution in [1.82, 2.24) is 14.8 Å². The van der Waals surface area contributed by atoms with Crippen LogP contribution < -0.4 is 11.4 Å². The largest absolute Gasteiger partial charge is 0.343 e. The summed E-state index contributed by atoms with van der Waals surface area (Å²) in [6, 6.07) is 4.53. The van der Waals surface area contributed by atoms with Crippen LogP contribution in [0.2, 0.25) is 0 Å². The Morgan fingerprint density at radius 3 is 2.88 bits per heavy atom. The molecular formula is C10H11FN4OS. The van der Waals surface area contributed by atoms with Crippen molar-refractivity contribution in [1.29, 1.82) is 0 Å². The van der Waals surface area contributed by atoms with Gasteiger partial charge < -0.3 is 5.73 Å². The van der Waals surface area contributed by atoms with Gasteiger partial charge in [0.1, 0.15) is 5.82 Å². The van der Waals surface area contributed by atoms with E-state index in [4.69, 9.17) is 5.73 Å². The highest BCUT2D eigenvalue weighted by Gasteiger charge is 2.08. The van der Waals surface area contributed by atoms with E-state index >= 15 is 0 Å². The summed E-state index contributed by atoms with van der Waals surface area (Å²) in [5, 5.41) is 6.62. The molecule has 1 aromatic heterocycles. The standard InChI is InChI=1S/C10H11FN4OS/c1-15-9(16)13-14-10(15)17-8-3-6(5-12)2-7(11)4-8/h2-4H,5,12H2,1H3,(H,13,16). The molecule has 90 valence electrons. The Morgan fingerprint density at radius 1 is 1.53 bits per heavy atom. The smallest absolute Gasteiger partial charge is 0.326 e. The molecule has 0 radical (unpaired) electrons. The van der Waals surface area contributed by atoms with E-state index in [0.717, 1.165) is 0 Å². The molecule has 0 fully saturated rings. The molecule has 0 amide bonds. The lowest BCUT2D eigenvalue weighted by molar-refractivity contribution is 0.621. The van der Waals surface area contributed by atoms with E-state index in [9.17, 15) is 9.18 Å². The molecule has 0 saturated carbocycles. The van der Waals surface area contributed by atoms with Crippen molar-refractivity contribution < 1.29 is 4.39 Å². The third-order valence-electron chi connectivity index (χ3n) is 2.21. The third kappa shape index (κ3) is 2.56. The third-order valence-corrected chi connectivity index (χ3v) is 3.23.